The van der Waals surface area contributed by atoms with Crippen molar-refractivity contribution in [3.63, 3.8) is 0 Å². The third-order valence-electron chi connectivity index (χ3n) is 3.30. The van der Waals surface area contributed by atoms with Crippen molar-refractivity contribution in [3.05, 3.63) is 47.5 Å². The number of halogens is 2. The van der Waals surface area contributed by atoms with Gasteiger partial charge in [0.2, 0.25) is 5.91 Å². The summed E-state index contributed by atoms with van der Waals surface area (Å²) in [4.78, 5) is 11.6. The number of benzene rings is 1. The third-order valence-corrected chi connectivity index (χ3v) is 3.30. The molecule has 120 valence electrons. The van der Waals surface area contributed by atoms with Gasteiger partial charge in [0.1, 0.15) is 5.82 Å². The van der Waals surface area contributed by atoms with Crippen molar-refractivity contribution < 1.29 is 9.18 Å². The fourth-order valence-electron chi connectivity index (χ4n) is 2.22. The lowest BCUT2D eigenvalue weighted by atomic mass is 10.1. The Morgan fingerprint density at radius 2 is 2.00 bits per heavy atom. The van der Waals surface area contributed by atoms with Gasteiger partial charge in [0.25, 0.3) is 0 Å². The van der Waals surface area contributed by atoms with Crippen LogP contribution < -0.4 is 10.6 Å². The SMILES string of the molecule is CNCC(=O)NC(C)c1cnn(-c2ccc(F)cc2)c1C.Cl. The summed E-state index contributed by atoms with van der Waals surface area (Å²) in [5, 5.41) is 10.0. The molecule has 0 saturated carbocycles. The van der Waals surface area contributed by atoms with Crippen LogP contribution in [-0.4, -0.2) is 29.3 Å². The summed E-state index contributed by atoms with van der Waals surface area (Å²) >= 11 is 0. The number of carbonyl (C=O) groups excluding carboxylic acids is 1. The number of amides is 1. The van der Waals surface area contributed by atoms with Gasteiger partial charge in [-0.05, 0) is 45.2 Å². The third kappa shape index (κ3) is 4.05. The molecule has 0 saturated heterocycles. The number of hydrogen-bond acceptors (Lipinski definition) is 3. The quantitative estimate of drug-likeness (QED) is 0.885. The predicted octanol–water partition coefficient (Wildman–Crippen LogP) is 2.14. The zero-order valence-corrected chi connectivity index (χ0v) is 13.6. The summed E-state index contributed by atoms with van der Waals surface area (Å²) in [6.07, 6.45) is 1.73. The molecule has 2 N–H and O–H groups in total. The molecular weight excluding hydrogens is 307 g/mol. The van der Waals surface area contributed by atoms with Gasteiger partial charge in [0.05, 0.1) is 24.5 Å². The summed E-state index contributed by atoms with van der Waals surface area (Å²) in [6.45, 7) is 4.11. The van der Waals surface area contributed by atoms with Crippen LogP contribution >= 0.6 is 12.4 Å². The van der Waals surface area contributed by atoms with Crippen molar-refractivity contribution in [2.45, 2.75) is 19.9 Å². The van der Waals surface area contributed by atoms with Crippen molar-refractivity contribution in [3.8, 4) is 5.69 Å². The van der Waals surface area contributed by atoms with Gasteiger partial charge in [-0.2, -0.15) is 5.10 Å². The molecule has 0 fully saturated rings. The Hall–Kier alpha value is -1.92. The lowest BCUT2D eigenvalue weighted by molar-refractivity contribution is -0.120. The minimum absolute atomic E-state index is 0. The molecule has 1 aromatic heterocycles. The van der Waals surface area contributed by atoms with Crippen molar-refractivity contribution >= 4 is 18.3 Å². The fraction of sp³-hybridized carbons (Fsp3) is 0.333. The summed E-state index contributed by atoms with van der Waals surface area (Å²) in [5.74, 6) is -0.351. The minimum atomic E-state index is -0.281. The first kappa shape index (κ1) is 18.1. The molecule has 0 aliphatic heterocycles. The highest BCUT2D eigenvalue weighted by Crippen LogP contribution is 2.20. The number of nitrogens with zero attached hydrogens (tertiary/aromatic N) is 2. The van der Waals surface area contributed by atoms with Crippen molar-refractivity contribution in [1.82, 2.24) is 20.4 Å². The Bertz CT molecular complexity index is 627. The van der Waals surface area contributed by atoms with E-state index in [-0.39, 0.29) is 36.7 Å². The summed E-state index contributed by atoms with van der Waals surface area (Å²) in [7, 11) is 1.72. The van der Waals surface area contributed by atoms with Gasteiger partial charge in [0.15, 0.2) is 0 Å². The number of hydrogen-bond donors (Lipinski definition) is 2. The van der Waals surface area contributed by atoms with Crippen molar-refractivity contribution in [1.29, 1.82) is 0 Å². The van der Waals surface area contributed by atoms with Crippen LogP contribution in [0.25, 0.3) is 5.69 Å². The zero-order valence-electron chi connectivity index (χ0n) is 12.8. The maximum Gasteiger partial charge on any atom is 0.234 e. The highest BCUT2D eigenvalue weighted by molar-refractivity contribution is 5.85. The summed E-state index contributed by atoms with van der Waals surface area (Å²) < 4.78 is 14.7. The fourth-order valence-corrected chi connectivity index (χ4v) is 2.22. The number of rotatable bonds is 5. The second-order valence-corrected chi connectivity index (χ2v) is 4.89. The van der Waals surface area contributed by atoms with Gasteiger partial charge in [-0.15, -0.1) is 12.4 Å². The second-order valence-electron chi connectivity index (χ2n) is 4.89. The van der Waals surface area contributed by atoms with Gasteiger partial charge in [-0.1, -0.05) is 0 Å². The first-order chi connectivity index (χ1) is 10.0. The Morgan fingerprint density at radius 3 is 2.59 bits per heavy atom. The van der Waals surface area contributed by atoms with E-state index in [2.05, 4.69) is 15.7 Å². The second kappa shape index (κ2) is 7.91. The topological polar surface area (TPSA) is 59.0 Å². The van der Waals surface area contributed by atoms with Crippen molar-refractivity contribution in [2.75, 3.05) is 13.6 Å². The van der Waals surface area contributed by atoms with E-state index >= 15 is 0 Å². The lowest BCUT2D eigenvalue weighted by Crippen LogP contribution is -2.34. The maximum absolute atomic E-state index is 13.0. The molecular formula is C15H20ClFN4O. The molecule has 0 bridgehead atoms. The zero-order chi connectivity index (χ0) is 15.4. The molecule has 5 nitrogen and oxygen atoms in total. The molecule has 22 heavy (non-hydrogen) atoms. The molecule has 1 atom stereocenters. The van der Waals surface area contributed by atoms with E-state index in [0.717, 1.165) is 16.9 Å². The van der Waals surface area contributed by atoms with E-state index in [1.807, 2.05) is 13.8 Å². The molecule has 1 unspecified atom stereocenters. The van der Waals surface area contributed by atoms with E-state index in [4.69, 9.17) is 0 Å². The molecule has 1 heterocycles. The van der Waals surface area contributed by atoms with Crippen LogP contribution in [0, 0.1) is 12.7 Å². The van der Waals surface area contributed by atoms with E-state index in [1.165, 1.54) is 12.1 Å². The molecule has 1 aromatic carbocycles. The summed E-state index contributed by atoms with van der Waals surface area (Å²) in [5.41, 5.74) is 2.64. The lowest BCUT2D eigenvalue weighted by Gasteiger charge is -2.14. The van der Waals surface area contributed by atoms with Gasteiger partial charge in [-0.25, -0.2) is 9.07 Å². The predicted molar refractivity (Wildman–Crippen MR) is 86.0 cm³/mol. The molecule has 2 rings (SSSR count). The Morgan fingerprint density at radius 1 is 1.36 bits per heavy atom. The number of likely N-dealkylation sites (N-methyl/N-ethyl adjacent to an activating group) is 1. The average molecular weight is 327 g/mol. The highest BCUT2D eigenvalue weighted by atomic mass is 35.5. The Labute approximate surface area is 135 Å². The first-order valence-electron chi connectivity index (χ1n) is 6.77. The number of aromatic nitrogens is 2. The smallest absolute Gasteiger partial charge is 0.234 e. The molecule has 1 amide bonds. The van der Waals surface area contributed by atoms with Gasteiger partial charge in [0, 0.05) is 11.3 Å². The van der Waals surface area contributed by atoms with Crippen LogP contribution in [0.3, 0.4) is 0 Å². The van der Waals surface area contributed by atoms with Gasteiger partial charge >= 0.3 is 0 Å². The number of nitrogens with one attached hydrogen (secondary N) is 2. The number of carbonyl (C=O) groups is 1. The van der Waals surface area contributed by atoms with Gasteiger partial charge in [-0.3, -0.25) is 4.79 Å². The van der Waals surface area contributed by atoms with E-state index in [9.17, 15) is 9.18 Å². The van der Waals surface area contributed by atoms with Crippen LogP contribution in [0.15, 0.2) is 30.5 Å². The largest absolute Gasteiger partial charge is 0.348 e. The maximum atomic E-state index is 13.0. The molecule has 0 radical (unpaired) electrons. The van der Waals surface area contributed by atoms with Crippen LogP contribution in [-0.2, 0) is 4.79 Å². The van der Waals surface area contributed by atoms with Gasteiger partial charge < -0.3 is 10.6 Å². The van der Waals surface area contributed by atoms with E-state index in [1.54, 1.807) is 30.1 Å². The van der Waals surface area contributed by atoms with Crippen LogP contribution in [0.4, 0.5) is 4.39 Å². The molecule has 0 aliphatic carbocycles. The first-order valence-corrected chi connectivity index (χ1v) is 6.77. The van der Waals surface area contributed by atoms with E-state index < -0.39 is 0 Å². The van der Waals surface area contributed by atoms with Crippen LogP contribution in [0.1, 0.15) is 24.2 Å². The summed E-state index contributed by atoms with van der Waals surface area (Å²) in [6, 6.07) is 6.00. The molecule has 0 aliphatic rings. The highest BCUT2D eigenvalue weighted by Gasteiger charge is 2.15. The molecule has 7 heteroatoms. The minimum Gasteiger partial charge on any atom is -0.348 e. The van der Waals surface area contributed by atoms with Crippen LogP contribution in [0.5, 0.6) is 0 Å². The Kier molecular flexibility index (Phi) is 6.52. The van der Waals surface area contributed by atoms with Crippen molar-refractivity contribution in [2.24, 2.45) is 0 Å². The van der Waals surface area contributed by atoms with E-state index in [0.29, 0.717) is 0 Å². The standard InChI is InChI=1S/C15H19FN4O.ClH/c1-10(19-15(21)9-17-3)14-8-18-20(11(14)2)13-6-4-12(16)5-7-13;/h4-8,10,17H,9H2,1-3H3,(H,19,21);1H. The van der Waals surface area contributed by atoms with Crippen LogP contribution in [0.2, 0.25) is 0 Å². The normalized spacial score (nSPS) is 11.6. The Balaban J connectivity index is 0.00000242. The average Bonchev–Trinajstić information content (AvgIpc) is 2.82. The monoisotopic (exact) mass is 326 g/mol. The molecule has 2 aromatic rings. The molecule has 0 spiro atoms.